The fraction of sp³-hybridized carbons (Fsp3) is 0.542. The molecule has 1 heterocycles. The Kier molecular flexibility index (Phi) is 9.10. The monoisotopic (exact) mass is 400 g/mol. The number of nitrogens with zero attached hydrogens (tertiary/aromatic N) is 1. The second-order valence-corrected chi connectivity index (χ2v) is 7.36. The normalized spacial score (nSPS) is 11.8. The van der Waals surface area contributed by atoms with Crippen LogP contribution in [0.3, 0.4) is 0 Å². The highest BCUT2D eigenvalue weighted by Crippen LogP contribution is 2.35. The van der Waals surface area contributed by atoms with Crippen molar-refractivity contribution in [2.75, 3.05) is 12.3 Å². The third kappa shape index (κ3) is 5.78. The molecule has 0 saturated heterocycles. The molecule has 0 aliphatic carbocycles. The van der Waals surface area contributed by atoms with Gasteiger partial charge in [0.05, 0.1) is 17.9 Å². The van der Waals surface area contributed by atoms with Crippen LogP contribution in [0.15, 0.2) is 34.8 Å². The van der Waals surface area contributed by atoms with E-state index in [0.717, 1.165) is 61.6 Å². The number of benzene rings is 1. The number of unbranched alkanes of at least 4 members (excludes halogenated alkanes) is 4. The molecule has 0 aliphatic rings. The van der Waals surface area contributed by atoms with Crippen LogP contribution < -0.4 is 20.8 Å². The van der Waals surface area contributed by atoms with Crippen molar-refractivity contribution in [1.82, 2.24) is 4.57 Å². The van der Waals surface area contributed by atoms with E-state index in [0.29, 0.717) is 30.3 Å². The third-order valence-corrected chi connectivity index (χ3v) is 5.09. The average molecular weight is 401 g/mol. The summed E-state index contributed by atoms with van der Waals surface area (Å²) in [5.74, 6) is 1.61. The highest BCUT2D eigenvalue weighted by molar-refractivity contribution is 5.90. The van der Waals surface area contributed by atoms with Crippen LogP contribution in [0.1, 0.15) is 72.6 Å². The molecule has 1 aromatic heterocycles. The standard InChI is InChI=1S/C24H36N2O3/c1-5-9-11-12-15-26-21-17-18(25)13-14-20(21)22(29-19(7-3)8-4)23(24(26)27)28-16-10-6-2/h7,13-14,17H,5-6,8-12,15-16,25H2,1-4H3. The summed E-state index contributed by atoms with van der Waals surface area (Å²) in [6, 6.07) is 5.64. The first-order chi connectivity index (χ1) is 14.1. The van der Waals surface area contributed by atoms with E-state index in [2.05, 4.69) is 13.8 Å². The van der Waals surface area contributed by atoms with Gasteiger partial charge in [-0.3, -0.25) is 4.79 Å². The van der Waals surface area contributed by atoms with Gasteiger partial charge in [0, 0.05) is 24.0 Å². The van der Waals surface area contributed by atoms with Gasteiger partial charge >= 0.3 is 0 Å². The Labute approximate surface area is 174 Å². The quantitative estimate of drug-likeness (QED) is 0.268. The number of hydrogen-bond donors (Lipinski definition) is 1. The molecule has 160 valence electrons. The van der Waals surface area contributed by atoms with Crippen molar-refractivity contribution in [2.45, 2.75) is 79.2 Å². The molecule has 2 rings (SSSR count). The van der Waals surface area contributed by atoms with Crippen LogP contribution >= 0.6 is 0 Å². The molecular weight excluding hydrogens is 364 g/mol. The van der Waals surface area contributed by atoms with Crippen LogP contribution in [0.25, 0.3) is 10.9 Å². The molecule has 2 N–H and O–H groups in total. The van der Waals surface area contributed by atoms with Gasteiger partial charge < -0.3 is 19.8 Å². The predicted octanol–water partition coefficient (Wildman–Crippen LogP) is 6.04. The summed E-state index contributed by atoms with van der Waals surface area (Å²) in [6.07, 6.45) is 8.91. The number of aromatic nitrogens is 1. The molecule has 2 aromatic rings. The highest BCUT2D eigenvalue weighted by atomic mass is 16.5. The third-order valence-electron chi connectivity index (χ3n) is 5.09. The number of hydrogen-bond acceptors (Lipinski definition) is 4. The second kappa shape index (κ2) is 11.5. The zero-order valence-electron chi connectivity index (χ0n) is 18.4. The molecule has 5 nitrogen and oxygen atoms in total. The summed E-state index contributed by atoms with van der Waals surface area (Å²) in [4.78, 5) is 13.4. The number of pyridine rings is 1. The summed E-state index contributed by atoms with van der Waals surface area (Å²) >= 11 is 0. The fourth-order valence-electron chi connectivity index (χ4n) is 3.35. The van der Waals surface area contributed by atoms with E-state index in [9.17, 15) is 4.79 Å². The molecule has 0 bridgehead atoms. The van der Waals surface area contributed by atoms with Gasteiger partial charge in [-0.1, -0.05) is 46.5 Å². The molecule has 0 fully saturated rings. The first-order valence-corrected chi connectivity index (χ1v) is 11.0. The van der Waals surface area contributed by atoms with Crippen molar-refractivity contribution in [1.29, 1.82) is 0 Å². The first-order valence-electron chi connectivity index (χ1n) is 11.0. The van der Waals surface area contributed by atoms with Gasteiger partial charge in [-0.2, -0.15) is 0 Å². The zero-order valence-corrected chi connectivity index (χ0v) is 18.4. The lowest BCUT2D eigenvalue weighted by molar-refractivity contribution is 0.283. The van der Waals surface area contributed by atoms with Crippen molar-refractivity contribution in [3.8, 4) is 11.5 Å². The van der Waals surface area contributed by atoms with Crippen molar-refractivity contribution < 1.29 is 9.47 Å². The predicted molar refractivity (Wildman–Crippen MR) is 122 cm³/mol. The summed E-state index contributed by atoms with van der Waals surface area (Å²) in [6.45, 7) is 9.39. The molecule has 0 amide bonds. The van der Waals surface area contributed by atoms with Gasteiger partial charge in [0.15, 0.2) is 5.75 Å². The number of aryl methyl sites for hydroxylation is 1. The van der Waals surface area contributed by atoms with Crippen molar-refractivity contribution >= 4 is 16.6 Å². The molecule has 0 unspecified atom stereocenters. The Bertz CT molecular complexity index is 884. The van der Waals surface area contributed by atoms with Gasteiger partial charge in [0.25, 0.3) is 5.56 Å². The summed E-state index contributed by atoms with van der Waals surface area (Å²) in [7, 11) is 0. The molecule has 1 aromatic carbocycles. The molecule has 29 heavy (non-hydrogen) atoms. The SMILES string of the molecule is CC=C(CC)Oc1c(OCCCC)c(=O)n(CCCCCC)c2cc(N)ccc12. The smallest absolute Gasteiger partial charge is 0.297 e. The van der Waals surface area contributed by atoms with Crippen LogP contribution in [0.4, 0.5) is 5.69 Å². The number of nitrogen functional groups attached to an aromatic ring is 1. The highest BCUT2D eigenvalue weighted by Gasteiger charge is 2.21. The molecule has 0 spiro atoms. The van der Waals surface area contributed by atoms with Crippen molar-refractivity contribution in [3.63, 3.8) is 0 Å². The Morgan fingerprint density at radius 2 is 1.83 bits per heavy atom. The number of allylic oxidation sites excluding steroid dienone is 2. The van der Waals surface area contributed by atoms with E-state index in [1.807, 2.05) is 38.1 Å². The summed E-state index contributed by atoms with van der Waals surface area (Å²) in [5.41, 5.74) is 7.35. The Morgan fingerprint density at radius 1 is 1.07 bits per heavy atom. The molecule has 5 heteroatoms. The van der Waals surface area contributed by atoms with E-state index in [-0.39, 0.29) is 5.56 Å². The number of nitrogens with two attached hydrogens (primary N) is 1. The minimum Gasteiger partial charge on any atom is -0.485 e. The maximum absolute atomic E-state index is 13.4. The zero-order chi connectivity index (χ0) is 21.2. The molecule has 0 aliphatic heterocycles. The lowest BCUT2D eigenvalue weighted by Gasteiger charge is -2.19. The average Bonchev–Trinajstić information content (AvgIpc) is 2.72. The van der Waals surface area contributed by atoms with E-state index in [1.54, 1.807) is 4.57 Å². The Balaban J connectivity index is 2.63. The minimum absolute atomic E-state index is 0.141. The van der Waals surface area contributed by atoms with Gasteiger partial charge in [-0.25, -0.2) is 0 Å². The maximum Gasteiger partial charge on any atom is 0.297 e. The van der Waals surface area contributed by atoms with Gasteiger partial charge in [0.2, 0.25) is 5.75 Å². The van der Waals surface area contributed by atoms with Gasteiger partial charge in [-0.05, 0) is 44.0 Å². The van der Waals surface area contributed by atoms with Crippen molar-refractivity contribution in [2.24, 2.45) is 0 Å². The van der Waals surface area contributed by atoms with E-state index in [1.165, 1.54) is 0 Å². The van der Waals surface area contributed by atoms with Gasteiger partial charge in [-0.15, -0.1) is 0 Å². The van der Waals surface area contributed by atoms with Crippen molar-refractivity contribution in [3.05, 3.63) is 40.4 Å². The summed E-state index contributed by atoms with van der Waals surface area (Å²) < 4.78 is 14.0. The first kappa shape index (κ1) is 22.9. The second-order valence-electron chi connectivity index (χ2n) is 7.36. The van der Waals surface area contributed by atoms with Crippen LogP contribution in [0.2, 0.25) is 0 Å². The summed E-state index contributed by atoms with van der Waals surface area (Å²) in [5, 5.41) is 0.855. The Hall–Kier alpha value is -2.43. The number of rotatable bonds is 12. The van der Waals surface area contributed by atoms with Crippen LogP contribution in [-0.4, -0.2) is 11.2 Å². The number of anilines is 1. The van der Waals surface area contributed by atoms with E-state index >= 15 is 0 Å². The topological polar surface area (TPSA) is 66.5 Å². The molecule has 0 saturated carbocycles. The van der Waals surface area contributed by atoms with Crippen LogP contribution in [0, 0.1) is 0 Å². The Morgan fingerprint density at radius 3 is 2.48 bits per heavy atom. The fourth-order valence-corrected chi connectivity index (χ4v) is 3.35. The van der Waals surface area contributed by atoms with Crippen LogP contribution in [-0.2, 0) is 6.54 Å². The number of fused-ring (bicyclic) bond motifs is 1. The molecule has 0 atom stereocenters. The van der Waals surface area contributed by atoms with Crippen LogP contribution in [0.5, 0.6) is 11.5 Å². The lowest BCUT2D eigenvalue weighted by Crippen LogP contribution is -2.24. The van der Waals surface area contributed by atoms with E-state index in [4.69, 9.17) is 15.2 Å². The minimum atomic E-state index is -0.141. The largest absolute Gasteiger partial charge is 0.485 e. The maximum atomic E-state index is 13.4. The lowest BCUT2D eigenvalue weighted by atomic mass is 10.1. The van der Waals surface area contributed by atoms with E-state index < -0.39 is 0 Å². The molecular formula is C24H36N2O3. The molecule has 0 radical (unpaired) electrons. The number of ether oxygens (including phenoxy) is 2. The van der Waals surface area contributed by atoms with Gasteiger partial charge in [0.1, 0.15) is 0 Å².